The minimum Gasteiger partial charge on any atom is -0.495 e. The van der Waals surface area contributed by atoms with E-state index < -0.39 is 10.0 Å². The van der Waals surface area contributed by atoms with Crippen LogP contribution in [0.1, 0.15) is 24.0 Å². The highest BCUT2D eigenvalue weighted by atomic mass is 32.2. The van der Waals surface area contributed by atoms with Gasteiger partial charge in [-0.1, -0.05) is 0 Å². The molecule has 3 rings (SSSR count). The van der Waals surface area contributed by atoms with Gasteiger partial charge in [-0.2, -0.15) is 4.31 Å². The van der Waals surface area contributed by atoms with Gasteiger partial charge in [0.05, 0.1) is 13.7 Å². The molecule has 0 aliphatic carbocycles. The Morgan fingerprint density at radius 2 is 1.88 bits per heavy atom. The first kappa shape index (κ1) is 18.6. The third-order valence-corrected chi connectivity index (χ3v) is 7.23. The normalized spacial score (nSPS) is 23.6. The van der Waals surface area contributed by atoms with Gasteiger partial charge in [0, 0.05) is 32.3 Å². The second-order valence-electron chi connectivity index (χ2n) is 6.90. The monoisotopic (exact) mass is 368 g/mol. The van der Waals surface area contributed by atoms with Crippen LogP contribution in [0.25, 0.3) is 0 Å². The van der Waals surface area contributed by atoms with E-state index in [9.17, 15) is 8.42 Å². The number of benzene rings is 1. The summed E-state index contributed by atoms with van der Waals surface area (Å²) in [6.07, 6.45) is 1.88. The number of sulfonamides is 1. The summed E-state index contributed by atoms with van der Waals surface area (Å²) >= 11 is 0. The van der Waals surface area contributed by atoms with Crippen molar-refractivity contribution >= 4 is 10.0 Å². The molecule has 1 aromatic carbocycles. The molecule has 0 amide bonds. The van der Waals surface area contributed by atoms with Crippen molar-refractivity contribution in [3.05, 3.63) is 23.3 Å². The number of nitrogens with zero attached hydrogens (tertiary/aromatic N) is 2. The lowest BCUT2D eigenvalue weighted by Crippen LogP contribution is -2.39. The maximum Gasteiger partial charge on any atom is 0.246 e. The standard InChI is InChI=1S/C18H28N2O4S/c1-14-11-17(23-3)18(12-15(14)2)25(21,22)20-7-4-6-19(8-9-20)16-5-10-24-13-16/h11-12,16H,4-10,13H2,1-3H3. The maximum absolute atomic E-state index is 13.2. The van der Waals surface area contributed by atoms with Crippen LogP contribution in [0.3, 0.4) is 0 Å². The van der Waals surface area contributed by atoms with Crippen molar-refractivity contribution < 1.29 is 17.9 Å². The highest BCUT2D eigenvalue weighted by Crippen LogP contribution is 2.30. The van der Waals surface area contributed by atoms with Gasteiger partial charge in [-0.05, 0) is 56.5 Å². The first-order chi connectivity index (χ1) is 11.9. The van der Waals surface area contributed by atoms with Crippen molar-refractivity contribution in [3.8, 4) is 5.75 Å². The van der Waals surface area contributed by atoms with Crippen LogP contribution in [0.4, 0.5) is 0 Å². The third-order valence-electron chi connectivity index (χ3n) is 5.31. The van der Waals surface area contributed by atoms with Crippen molar-refractivity contribution in [2.45, 2.75) is 37.6 Å². The van der Waals surface area contributed by atoms with E-state index in [2.05, 4.69) is 4.90 Å². The first-order valence-corrected chi connectivity index (χ1v) is 10.3. The molecular weight excluding hydrogens is 340 g/mol. The lowest BCUT2D eigenvalue weighted by atomic mass is 10.1. The Bertz CT molecular complexity index is 714. The van der Waals surface area contributed by atoms with Crippen molar-refractivity contribution in [2.75, 3.05) is 46.5 Å². The molecule has 0 saturated carbocycles. The summed E-state index contributed by atoms with van der Waals surface area (Å²) in [5, 5.41) is 0. The predicted octanol–water partition coefficient (Wildman–Crippen LogP) is 1.80. The predicted molar refractivity (Wildman–Crippen MR) is 96.6 cm³/mol. The van der Waals surface area contributed by atoms with Crippen molar-refractivity contribution in [2.24, 2.45) is 0 Å². The molecule has 2 aliphatic heterocycles. The number of hydrogen-bond donors (Lipinski definition) is 0. The minimum absolute atomic E-state index is 0.274. The Balaban J connectivity index is 1.81. The number of hydrogen-bond acceptors (Lipinski definition) is 5. The van der Waals surface area contributed by atoms with Gasteiger partial charge >= 0.3 is 0 Å². The van der Waals surface area contributed by atoms with Crippen LogP contribution in [0.15, 0.2) is 17.0 Å². The molecule has 2 aliphatic rings. The highest BCUT2D eigenvalue weighted by molar-refractivity contribution is 7.89. The molecule has 7 heteroatoms. The topological polar surface area (TPSA) is 59.1 Å². The SMILES string of the molecule is COc1cc(C)c(C)cc1S(=O)(=O)N1CCCN(C2CCOC2)CC1. The van der Waals surface area contributed by atoms with Crippen molar-refractivity contribution in [1.29, 1.82) is 0 Å². The molecule has 0 N–H and O–H groups in total. The van der Waals surface area contributed by atoms with Crippen molar-refractivity contribution in [1.82, 2.24) is 9.21 Å². The molecule has 0 spiro atoms. The molecule has 0 bridgehead atoms. The van der Waals surface area contributed by atoms with E-state index in [4.69, 9.17) is 9.47 Å². The van der Waals surface area contributed by atoms with E-state index in [-0.39, 0.29) is 4.90 Å². The van der Waals surface area contributed by atoms with Crippen LogP contribution in [0.5, 0.6) is 5.75 Å². The zero-order valence-electron chi connectivity index (χ0n) is 15.3. The van der Waals surface area contributed by atoms with Gasteiger partial charge in [-0.3, -0.25) is 4.90 Å². The third kappa shape index (κ3) is 3.84. The van der Waals surface area contributed by atoms with E-state index in [1.807, 2.05) is 19.9 Å². The molecule has 2 saturated heterocycles. The summed E-state index contributed by atoms with van der Waals surface area (Å²) in [5.74, 6) is 0.424. The van der Waals surface area contributed by atoms with Gasteiger partial charge < -0.3 is 9.47 Å². The van der Waals surface area contributed by atoms with Crippen LogP contribution < -0.4 is 4.74 Å². The smallest absolute Gasteiger partial charge is 0.246 e. The molecule has 140 valence electrons. The number of aryl methyl sites for hydroxylation is 2. The van der Waals surface area contributed by atoms with E-state index >= 15 is 0 Å². The van der Waals surface area contributed by atoms with Gasteiger partial charge in [-0.15, -0.1) is 0 Å². The molecule has 2 fully saturated rings. The summed E-state index contributed by atoms with van der Waals surface area (Å²) in [7, 11) is -2.04. The lowest BCUT2D eigenvalue weighted by molar-refractivity contribution is 0.147. The largest absolute Gasteiger partial charge is 0.495 e. The molecule has 0 radical (unpaired) electrons. The van der Waals surface area contributed by atoms with Gasteiger partial charge in [0.1, 0.15) is 10.6 Å². The molecule has 1 atom stereocenters. The summed E-state index contributed by atoms with van der Waals surface area (Å²) < 4.78 is 38.9. The summed E-state index contributed by atoms with van der Waals surface area (Å²) in [6.45, 7) is 8.18. The van der Waals surface area contributed by atoms with E-state index in [0.717, 1.165) is 50.3 Å². The quantitative estimate of drug-likeness (QED) is 0.811. The van der Waals surface area contributed by atoms with E-state index in [1.54, 1.807) is 10.4 Å². The Kier molecular flexibility index (Phi) is 5.68. The first-order valence-electron chi connectivity index (χ1n) is 8.90. The Morgan fingerprint density at radius 3 is 2.56 bits per heavy atom. The van der Waals surface area contributed by atoms with Crippen LogP contribution >= 0.6 is 0 Å². The fourth-order valence-electron chi connectivity index (χ4n) is 3.59. The Labute approximate surface area is 150 Å². The molecule has 6 nitrogen and oxygen atoms in total. The van der Waals surface area contributed by atoms with Crippen LogP contribution in [-0.4, -0.2) is 70.2 Å². The second-order valence-corrected chi connectivity index (χ2v) is 8.80. The van der Waals surface area contributed by atoms with Gasteiger partial charge in [0.25, 0.3) is 0 Å². The van der Waals surface area contributed by atoms with Crippen LogP contribution in [-0.2, 0) is 14.8 Å². The van der Waals surface area contributed by atoms with Gasteiger partial charge in [0.15, 0.2) is 0 Å². The van der Waals surface area contributed by atoms with E-state index in [0.29, 0.717) is 24.9 Å². The Morgan fingerprint density at radius 1 is 1.12 bits per heavy atom. The van der Waals surface area contributed by atoms with Gasteiger partial charge in [-0.25, -0.2) is 8.42 Å². The molecular formula is C18H28N2O4S. The lowest BCUT2D eigenvalue weighted by Gasteiger charge is -2.26. The minimum atomic E-state index is -3.56. The zero-order chi connectivity index (χ0) is 18.0. The molecule has 1 unspecified atom stereocenters. The average molecular weight is 368 g/mol. The second kappa shape index (κ2) is 7.61. The molecule has 25 heavy (non-hydrogen) atoms. The summed E-state index contributed by atoms with van der Waals surface area (Å²) in [4.78, 5) is 2.65. The maximum atomic E-state index is 13.2. The summed E-state index contributed by atoms with van der Waals surface area (Å²) in [6, 6.07) is 3.97. The van der Waals surface area contributed by atoms with Crippen molar-refractivity contribution in [3.63, 3.8) is 0 Å². The average Bonchev–Trinajstić information content (AvgIpc) is 3.00. The Hall–Kier alpha value is -1.15. The van der Waals surface area contributed by atoms with Gasteiger partial charge in [0.2, 0.25) is 10.0 Å². The van der Waals surface area contributed by atoms with E-state index in [1.165, 1.54) is 7.11 Å². The zero-order valence-corrected chi connectivity index (χ0v) is 16.1. The molecule has 2 heterocycles. The number of ether oxygens (including phenoxy) is 2. The molecule has 1 aromatic rings. The fraction of sp³-hybridized carbons (Fsp3) is 0.667. The summed E-state index contributed by atoms with van der Waals surface area (Å²) in [5.41, 5.74) is 1.98. The number of rotatable bonds is 4. The highest BCUT2D eigenvalue weighted by Gasteiger charge is 2.32. The van der Waals surface area contributed by atoms with Crippen LogP contribution in [0.2, 0.25) is 0 Å². The molecule has 0 aromatic heterocycles. The number of methoxy groups -OCH3 is 1. The van der Waals surface area contributed by atoms with Crippen LogP contribution in [0, 0.1) is 13.8 Å². The fourth-order valence-corrected chi connectivity index (χ4v) is 5.28.